The monoisotopic (exact) mass is 430 g/mol. The lowest BCUT2D eigenvalue weighted by molar-refractivity contribution is -0.139. The van der Waals surface area contributed by atoms with Crippen molar-refractivity contribution in [2.24, 2.45) is 0 Å². The SMILES string of the molecule is CCCCOc1ccccc1C1C(C(=O)OCC)=C(C)Nc2nc(SCCC)nn21. The highest BCUT2D eigenvalue weighted by atomic mass is 32.2. The molecule has 2 aromatic rings. The Balaban J connectivity index is 2.08. The molecule has 1 unspecified atom stereocenters. The van der Waals surface area contributed by atoms with E-state index in [0.29, 0.717) is 35.6 Å². The number of rotatable bonds is 10. The van der Waals surface area contributed by atoms with Crippen molar-refractivity contribution in [3.63, 3.8) is 0 Å². The summed E-state index contributed by atoms with van der Waals surface area (Å²) in [7, 11) is 0. The van der Waals surface area contributed by atoms with Crippen molar-refractivity contribution in [1.29, 1.82) is 0 Å². The fraction of sp³-hybridized carbons (Fsp3) is 0.500. The van der Waals surface area contributed by atoms with Crippen LogP contribution in [0.3, 0.4) is 0 Å². The van der Waals surface area contributed by atoms with Crippen LogP contribution in [0.4, 0.5) is 5.95 Å². The number of hydrogen-bond donors (Lipinski definition) is 1. The summed E-state index contributed by atoms with van der Waals surface area (Å²) in [5, 5.41) is 8.64. The van der Waals surface area contributed by atoms with Crippen LogP contribution in [0.5, 0.6) is 5.75 Å². The zero-order valence-corrected chi connectivity index (χ0v) is 18.9. The summed E-state index contributed by atoms with van der Waals surface area (Å²) in [5.41, 5.74) is 2.11. The van der Waals surface area contributed by atoms with Crippen LogP contribution in [0.2, 0.25) is 0 Å². The highest BCUT2D eigenvalue weighted by Crippen LogP contribution is 2.40. The summed E-state index contributed by atoms with van der Waals surface area (Å²) in [6.07, 6.45) is 3.05. The summed E-state index contributed by atoms with van der Waals surface area (Å²) < 4.78 is 13.2. The average molecular weight is 431 g/mol. The molecule has 0 saturated heterocycles. The number of para-hydroxylation sites is 1. The summed E-state index contributed by atoms with van der Waals surface area (Å²) in [6.45, 7) is 8.86. The lowest BCUT2D eigenvalue weighted by atomic mass is 9.95. The second-order valence-electron chi connectivity index (χ2n) is 7.04. The quantitative estimate of drug-likeness (QED) is 0.329. The number of thioether (sulfide) groups is 1. The summed E-state index contributed by atoms with van der Waals surface area (Å²) in [6, 6.07) is 7.34. The molecule has 30 heavy (non-hydrogen) atoms. The number of nitrogens with one attached hydrogen (secondary N) is 1. The van der Waals surface area contributed by atoms with Crippen molar-refractivity contribution in [3.05, 3.63) is 41.1 Å². The minimum Gasteiger partial charge on any atom is -0.493 e. The number of fused-ring (bicyclic) bond motifs is 1. The topological polar surface area (TPSA) is 78.3 Å². The van der Waals surface area contributed by atoms with Gasteiger partial charge in [-0.25, -0.2) is 9.48 Å². The normalized spacial score (nSPS) is 15.5. The van der Waals surface area contributed by atoms with Crippen molar-refractivity contribution in [2.45, 2.75) is 58.2 Å². The number of allylic oxidation sites excluding steroid dienone is 1. The Morgan fingerprint density at radius 3 is 2.77 bits per heavy atom. The molecule has 0 amide bonds. The second kappa shape index (κ2) is 10.5. The fourth-order valence-electron chi connectivity index (χ4n) is 3.31. The van der Waals surface area contributed by atoms with Gasteiger partial charge in [-0.15, -0.1) is 5.10 Å². The fourth-order valence-corrected chi connectivity index (χ4v) is 3.99. The Bertz CT molecular complexity index is 910. The number of nitrogens with zero attached hydrogens (tertiary/aromatic N) is 3. The molecule has 0 radical (unpaired) electrons. The van der Waals surface area contributed by atoms with Gasteiger partial charge < -0.3 is 14.8 Å². The Hall–Kier alpha value is -2.48. The van der Waals surface area contributed by atoms with Crippen molar-refractivity contribution in [3.8, 4) is 5.75 Å². The maximum absolute atomic E-state index is 12.9. The number of anilines is 1. The van der Waals surface area contributed by atoms with E-state index in [2.05, 4.69) is 24.1 Å². The van der Waals surface area contributed by atoms with Crippen LogP contribution in [-0.4, -0.2) is 39.7 Å². The predicted octanol–water partition coefficient (Wildman–Crippen LogP) is 4.81. The maximum atomic E-state index is 12.9. The van der Waals surface area contributed by atoms with Gasteiger partial charge in [-0.2, -0.15) is 4.98 Å². The molecule has 1 aromatic carbocycles. The summed E-state index contributed by atoms with van der Waals surface area (Å²) in [4.78, 5) is 17.6. The molecule has 0 spiro atoms. The van der Waals surface area contributed by atoms with Gasteiger partial charge in [-0.1, -0.05) is 50.2 Å². The standard InChI is InChI=1S/C22H30N4O3S/c1-5-8-13-29-17-12-10-9-11-16(17)19-18(20(27)28-7-3)15(4)23-21-24-22(25-26(19)21)30-14-6-2/h9-12,19H,5-8,13-14H2,1-4H3,(H,23,24,25). The Labute approximate surface area is 182 Å². The zero-order valence-electron chi connectivity index (χ0n) is 18.1. The number of aromatic nitrogens is 3. The Morgan fingerprint density at radius 2 is 2.03 bits per heavy atom. The number of benzene rings is 1. The average Bonchev–Trinajstić information content (AvgIpc) is 3.14. The molecule has 3 rings (SSSR count). The van der Waals surface area contributed by atoms with Crippen molar-refractivity contribution in [1.82, 2.24) is 14.8 Å². The molecule has 2 heterocycles. The minimum absolute atomic E-state index is 0.304. The third-order valence-electron chi connectivity index (χ3n) is 4.73. The van der Waals surface area contributed by atoms with Gasteiger partial charge >= 0.3 is 5.97 Å². The third-order valence-corrected chi connectivity index (χ3v) is 5.78. The lowest BCUT2D eigenvalue weighted by Crippen LogP contribution is -2.30. The van der Waals surface area contributed by atoms with Gasteiger partial charge in [0, 0.05) is 17.0 Å². The van der Waals surface area contributed by atoms with Gasteiger partial charge in [0.1, 0.15) is 11.8 Å². The first-order valence-corrected chi connectivity index (χ1v) is 11.5. The molecule has 8 heteroatoms. The van der Waals surface area contributed by atoms with Gasteiger partial charge in [0.25, 0.3) is 0 Å². The van der Waals surface area contributed by atoms with E-state index in [1.165, 1.54) is 0 Å². The second-order valence-corrected chi connectivity index (χ2v) is 8.10. The zero-order chi connectivity index (χ0) is 21.5. The van der Waals surface area contributed by atoms with Gasteiger partial charge in [-0.3, -0.25) is 0 Å². The predicted molar refractivity (Wildman–Crippen MR) is 119 cm³/mol. The molecule has 1 aliphatic rings. The van der Waals surface area contributed by atoms with E-state index in [1.807, 2.05) is 31.2 Å². The smallest absolute Gasteiger partial charge is 0.338 e. The first kappa shape index (κ1) is 22.2. The molecule has 0 saturated carbocycles. The maximum Gasteiger partial charge on any atom is 0.338 e. The van der Waals surface area contributed by atoms with Crippen LogP contribution < -0.4 is 10.1 Å². The molecule has 0 fully saturated rings. The van der Waals surface area contributed by atoms with E-state index in [9.17, 15) is 4.79 Å². The molecule has 7 nitrogen and oxygen atoms in total. The van der Waals surface area contributed by atoms with Crippen LogP contribution in [0.25, 0.3) is 0 Å². The van der Waals surface area contributed by atoms with Crippen LogP contribution >= 0.6 is 11.8 Å². The van der Waals surface area contributed by atoms with Gasteiger partial charge in [0.2, 0.25) is 11.1 Å². The van der Waals surface area contributed by atoms with E-state index in [0.717, 1.165) is 36.3 Å². The Kier molecular flexibility index (Phi) is 7.79. The van der Waals surface area contributed by atoms with Gasteiger partial charge in [0.15, 0.2) is 0 Å². The molecule has 0 bridgehead atoms. The van der Waals surface area contributed by atoms with Crippen LogP contribution in [0, 0.1) is 0 Å². The van der Waals surface area contributed by atoms with Crippen molar-refractivity contribution in [2.75, 3.05) is 24.3 Å². The van der Waals surface area contributed by atoms with Crippen molar-refractivity contribution >= 4 is 23.7 Å². The molecular formula is C22H30N4O3S. The van der Waals surface area contributed by atoms with Crippen LogP contribution in [0.1, 0.15) is 58.6 Å². The highest BCUT2D eigenvalue weighted by molar-refractivity contribution is 7.99. The molecule has 0 aliphatic carbocycles. The molecule has 1 N–H and O–H groups in total. The largest absolute Gasteiger partial charge is 0.493 e. The number of esters is 1. The Morgan fingerprint density at radius 1 is 1.23 bits per heavy atom. The number of unbranched alkanes of at least 4 members (excludes halogenated alkanes) is 1. The summed E-state index contributed by atoms with van der Waals surface area (Å²) in [5.74, 6) is 1.94. The first-order chi connectivity index (χ1) is 14.6. The summed E-state index contributed by atoms with van der Waals surface area (Å²) >= 11 is 1.60. The molecule has 162 valence electrons. The first-order valence-electron chi connectivity index (χ1n) is 10.6. The van der Waals surface area contributed by atoms with E-state index in [-0.39, 0.29) is 5.97 Å². The molecule has 1 aliphatic heterocycles. The van der Waals surface area contributed by atoms with Gasteiger partial charge in [0.05, 0.1) is 18.8 Å². The van der Waals surface area contributed by atoms with E-state index >= 15 is 0 Å². The van der Waals surface area contributed by atoms with E-state index in [4.69, 9.17) is 14.6 Å². The number of carbonyl (C=O) groups excluding carboxylic acids is 1. The highest BCUT2D eigenvalue weighted by Gasteiger charge is 2.36. The van der Waals surface area contributed by atoms with Gasteiger partial charge in [-0.05, 0) is 32.8 Å². The van der Waals surface area contributed by atoms with Crippen LogP contribution in [0.15, 0.2) is 40.7 Å². The van der Waals surface area contributed by atoms with E-state index in [1.54, 1.807) is 23.4 Å². The third kappa shape index (κ3) is 4.80. The van der Waals surface area contributed by atoms with E-state index < -0.39 is 6.04 Å². The lowest BCUT2D eigenvalue weighted by Gasteiger charge is -2.29. The van der Waals surface area contributed by atoms with Crippen LogP contribution in [-0.2, 0) is 9.53 Å². The number of ether oxygens (including phenoxy) is 2. The minimum atomic E-state index is -0.471. The molecular weight excluding hydrogens is 400 g/mol. The number of carbonyl (C=O) groups is 1. The molecule has 1 atom stereocenters. The van der Waals surface area contributed by atoms with Crippen molar-refractivity contribution < 1.29 is 14.3 Å². The molecule has 1 aromatic heterocycles. The number of hydrogen-bond acceptors (Lipinski definition) is 7.